The third kappa shape index (κ3) is 7.02. The molecule has 0 amide bonds. The van der Waals surface area contributed by atoms with Crippen molar-refractivity contribution in [2.75, 3.05) is 21.7 Å². The first-order chi connectivity index (χ1) is 20.1. The molecule has 42 heavy (non-hydrogen) atoms. The molecular formula is C33H39N3O4S2. The summed E-state index contributed by atoms with van der Waals surface area (Å²) in [5.74, 6) is 0.181. The number of aromatic nitrogens is 1. The molecule has 0 fully saturated rings. The summed E-state index contributed by atoms with van der Waals surface area (Å²) in [6, 6.07) is 26.2. The Morgan fingerprint density at radius 3 is 1.60 bits per heavy atom. The molecule has 1 heterocycles. The Balaban J connectivity index is 1.95. The molecule has 3 aromatic carbocycles. The molecule has 0 unspecified atom stereocenters. The van der Waals surface area contributed by atoms with E-state index in [2.05, 4.69) is 0 Å². The van der Waals surface area contributed by atoms with Crippen LogP contribution in [0, 0.1) is 13.8 Å². The van der Waals surface area contributed by atoms with Crippen molar-refractivity contribution >= 4 is 31.6 Å². The molecular weight excluding hydrogens is 567 g/mol. The van der Waals surface area contributed by atoms with Crippen LogP contribution >= 0.6 is 0 Å². The molecule has 1 aromatic heterocycles. The van der Waals surface area contributed by atoms with Crippen LogP contribution in [-0.4, -0.2) is 34.9 Å². The molecule has 9 heteroatoms. The van der Waals surface area contributed by atoms with Crippen LogP contribution in [-0.2, 0) is 20.0 Å². The van der Waals surface area contributed by atoms with Crippen molar-refractivity contribution in [3.63, 3.8) is 0 Å². The SMILES string of the molecule is CCCCN(c1cc(-c2ccccc2)nc(N(CCCC)S(=O)(=O)c2ccc(C)cc2)c1)S(=O)(=O)c1ccc(C)cc1. The minimum Gasteiger partial charge on any atom is -0.266 e. The topological polar surface area (TPSA) is 87.7 Å². The Bertz CT molecular complexity index is 1580. The predicted molar refractivity (Wildman–Crippen MR) is 171 cm³/mol. The fourth-order valence-corrected chi connectivity index (χ4v) is 7.49. The standard InChI is InChI=1S/C33H39N3O4S2/c1-5-7-22-35(41(37,38)30-18-14-26(3)15-19-30)29-24-32(28-12-10-9-11-13-28)34-33(25-29)36(23-8-6-2)42(39,40)31-20-16-27(4)17-21-31/h9-21,24-25H,5-8,22-23H2,1-4H3. The highest BCUT2D eigenvalue weighted by Gasteiger charge is 2.30. The summed E-state index contributed by atoms with van der Waals surface area (Å²) < 4.78 is 59.0. The zero-order valence-electron chi connectivity index (χ0n) is 24.7. The van der Waals surface area contributed by atoms with Gasteiger partial charge in [0.2, 0.25) is 0 Å². The van der Waals surface area contributed by atoms with Gasteiger partial charge in [0, 0.05) is 24.7 Å². The number of benzene rings is 3. The van der Waals surface area contributed by atoms with Crippen molar-refractivity contribution in [2.24, 2.45) is 0 Å². The molecule has 0 radical (unpaired) electrons. The van der Waals surface area contributed by atoms with Gasteiger partial charge in [-0.25, -0.2) is 26.1 Å². The van der Waals surface area contributed by atoms with Crippen molar-refractivity contribution in [3.05, 3.63) is 102 Å². The van der Waals surface area contributed by atoms with Gasteiger partial charge in [-0.15, -0.1) is 0 Å². The van der Waals surface area contributed by atoms with E-state index in [0.717, 1.165) is 29.5 Å². The third-order valence-electron chi connectivity index (χ3n) is 7.06. The highest BCUT2D eigenvalue weighted by Crippen LogP contribution is 2.34. The average Bonchev–Trinajstić information content (AvgIpc) is 2.98. The van der Waals surface area contributed by atoms with Crippen molar-refractivity contribution in [1.82, 2.24) is 4.98 Å². The smallest absolute Gasteiger partial charge is 0.265 e. The van der Waals surface area contributed by atoms with Crippen molar-refractivity contribution in [1.29, 1.82) is 0 Å². The van der Waals surface area contributed by atoms with E-state index in [1.165, 1.54) is 8.61 Å². The molecule has 0 aliphatic rings. The van der Waals surface area contributed by atoms with Crippen LogP contribution in [0.1, 0.15) is 50.7 Å². The molecule has 4 aromatic rings. The Hall–Kier alpha value is -3.69. The van der Waals surface area contributed by atoms with Crippen LogP contribution in [0.15, 0.2) is 101 Å². The second-order valence-corrected chi connectivity index (χ2v) is 14.1. The Morgan fingerprint density at radius 1 is 0.619 bits per heavy atom. The third-order valence-corrected chi connectivity index (χ3v) is 10.7. The summed E-state index contributed by atoms with van der Waals surface area (Å²) in [6.45, 7) is 8.26. The van der Waals surface area contributed by atoms with Gasteiger partial charge in [0.15, 0.2) is 0 Å². The molecule has 222 valence electrons. The van der Waals surface area contributed by atoms with Crippen LogP contribution in [0.3, 0.4) is 0 Å². The maximum Gasteiger partial charge on any atom is 0.265 e. The second kappa shape index (κ2) is 13.5. The van der Waals surface area contributed by atoms with Gasteiger partial charge in [-0.1, -0.05) is 92.4 Å². The number of unbranched alkanes of at least 4 members (excludes halogenated alkanes) is 2. The van der Waals surface area contributed by atoms with E-state index in [9.17, 15) is 16.8 Å². The van der Waals surface area contributed by atoms with E-state index in [4.69, 9.17) is 4.98 Å². The van der Waals surface area contributed by atoms with Gasteiger partial charge in [-0.05, 0) is 57.0 Å². The largest absolute Gasteiger partial charge is 0.266 e. The normalized spacial score (nSPS) is 11.8. The van der Waals surface area contributed by atoms with Gasteiger partial charge in [-0.2, -0.15) is 0 Å². The van der Waals surface area contributed by atoms with Crippen LogP contribution in [0.25, 0.3) is 11.3 Å². The first-order valence-corrected chi connectivity index (χ1v) is 17.2. The molecule has 0 atom stereocenters. The molecule has 7 nitrogen and oxygen atoms in total. The first kappa shape index (κ1) is 31.3. The summed E-state index contributed by atoms with van der Waals surface area (Å²) in [5, 5.41) is 0. The van der Waals surface area contributed by atoms with Crippen molar-refractivity contribution in [2.45, 2.75) is 63.2 Å². The maximum atomic E-state index is 14.1. The molecule has 0 N–H and O–H groups in total. The van der Waals surface area contributed by atoms with E-state index in [1.807, 2.05) is 58.0 Å². The van der Waals surface area contributed by atoms with E-state index in [1.54, 1.807) is 60.7 Å². The second-order valence-electron chi connectivity index (χ2n) is 10.4. The number of rotatable bonds is 13. The fraction of sp³-hybridized carbons (Fsp3) is 0.303. The Morgan fingerprint density at radius 2 is 1.10 bits per heavy atom. The Labute approximate surface area is 251 Å². The number of hydrogen-bond donors (Lipinski definition) is 0. The van der Waals surface area contributed by atoms with Crippen LogP contribution in [0.4, 0.5) is 11.5 Å². The quantitative estimate of drug-likeness (QED) is 0.159. The van der Waals surface area contributed by atoms with Gasteiger partial charge < -0.3 is 0 Å². The molecule has 0 bridgehead atoms. The monoisotopic (exact) mass is 605 g/mol. The predicted octanol–water partition coefficient (Wildman–Crippen LogP) is 7.36. The van der Waals surface area contributed by atoms with Gasteiger partial charge in [0.1, 0.15) is 5.82 Å². The van der Waals surface area contributed by atoms with Crippen molar-refractivity contribution in [3.8, 4) is 11.3 Å². The number of hydrogen-bond acceptors (Lipinski definition) is 5. The number of pyridine rings is 1. The Kier molecular flexibility index (Phi) is 10.1. The van der Waals surface area contributed by atoms with Gasteiger partial charge in [0.25, 0.3) is 20.0 Å². The molecule has 4 rings (SSSR count). The highest BCUT2D eigenvalue weighted by molar-refractivity contribution is 7.93. The van der Waals surface area contributed by atoms with Crippen LogP contribution in [0.5, 0.6) is 0 Å². The summed E-state index contributed by atoms with van der Waals surface area (Å²) >= 11 is 0. The zero-order valence-corrected chi connectivity index (χ0v) is 26.3. The van der Waals surface area contributed by atoms with Gasteiger partial charge >= 0.3 is 0 Å². The van der Waals surface area contributed by atoms with E-state index in [-0.39, 0.29) is 28.7 Å². The molecule has 0 saturated carbocycles. The summed E-state index contributed by atoms with van der Waals surface area (Å²) in [6.07, 6.45) is 2.80. The molecule has 0 aliphatic heterocycles. The van der Waals surface area contributed by atoms with Gasteiger partial charge in [-0.3, -0.25) is 4.31 Å². The van der Waals surface area contributed by atoms with E-state index in [0.29, 0.717) is 24.2 Å². The van der Waals surface area contributed by atoms with E-state index < -0.39 is 20.0 Å². The van der Waals surface area contributed by atoms with E-state index >= 15 is 0 Å². The lowest BCUT2D eigenvalue weighted by Crippen LogP contribution is -2.34. The maximum absolute atomic E-state index is 14.1. The lowest BCUT2D eigenvalue weighted by Gasteiger charge is -2.28. The first-order valence-electron chi connectivity index (χ1n) is 14.3. The lowest BCUT2D eigenvalue weighted by molar-refractivity contribution is 0.587. The number of aryl methyl sites for hydroxylation is 2. The van der Waals surface area contributed by atoms with Gasteiger partial charge in [0.05, 0.1) is 21.2 Å². The fourth-order valence-electron chi connectivity index (χ4n) is 4.55. The summed E-state index contributed by atoms with van der Waals surface area (Å²) in [7, 11) is -7.95. The molecule has 0 saturated heterocycles. The average molecular weight is 606 g/mol. The van der Waals surface area contributed by atoms with Crippen LogP contribution in [0.2, 0.25) is 0 Å². The molecule has 0 aliphatic carbocycles. The van der Waals surface area contributed by atoms with Crippen LogP contribution < -0.4 is 8.61 Å². The minimum absolute atomic E-state index is 0.160. The number of sulfonamides is 2. The summed E-state index contributed by atoms with van der Waals surface area (Å²) in [5.41, 5.74) is 3.53. The lowest BCUT2D eigenvalue weighted by atomic mass is 10.1. The number of nitrogens with zero attached hydrogens (tertiary/aromatic N) is 3. The summed E-state index contributed by atoms with van der Waals surface area (Å²) in [4.78, 5) is 5.16. The number of anilines is 2. The highest BCUT2D eigenvalue weighted by atomic mass is 32.2. The minimum atomic E-state index is -3.99. The van der Waals surface area contributed by atoms with Crippen molar-refractivity contribution < 1.29 is 16.8 Å². The molecule has 0 spiro atoms. The zero-order chi connectivity index (χ0) is 30.3.